The highest BCUT2D eigenvalue weighted by Gasteiger charge is 2.08. The van der Waals surface area contributed by atoms with Gasteiger partial charge >= 0.3 is 5.97 Å². The van der Waals surface area contributed by atoms with Gasteiger partial charge in [0.1, 0.15) is 5.75 Å². The second-order valence-electron chi connectivity index (χ2n) is 5.12. The standard InChI is InChI=1S/C17H25NO3/c1-5-6-12-21-17(19)11-10-14-8-7-9-16(20-4)15(14)13-18(2)3/h7-11H,5-6,12-13H2,1-4H3/b11-10+. The van der Waals surface area contributed by atoms with Crippen LogP contribution >= 0.6 is 0 Å². The second kappa shape index (κ2) is 9.19. The minimum atomic E-state index is -0.304. The molecule has 0 heterocycles. The Labute approximate surface area is 127 Å². The number of hydrogen-bond donors (Lipinski definition) is 0. The molecule has 0 aliphatic carbocycles. The molecular formula is C17H25NO3. The third kappa shape index (κ3) is 6.00. The van der Waals surface area contributed by atoms with Crippen LogP contribution in [0.1, 0.15) is 30.9 Å². The van der Waals surface area contributed by atoms with Crippen LogP contribution in [0.4, 0.5) is 0 Å². The summed E-state index contributed by atoms with van der Waals surface area (Å²) in [5, 5.41) is 0. The van der Waals surface area contributed by atoms with Crippen molar-refractivity contribution in [2.45, 2.75) is 26.3 Å². The SMILES string of the molecule is CCCCOC(=O)/C=C/c1cccc(OC)c1CN(C)C. The van der Waals surface area contributed by atoms with Crippen molar-refractivity contribution in [3.05, 3.63) is 35.4 Å². The lowest BCUT2D eigenvalue weighted by Crippen LogP contribution is -2.12. The maximum Gasteiger partial charge on any atom is 0.330 e. The Morgan fingerprint density at radius 1 is 1.33 bits per heavy atom. The van der Waals surface area contributed by atoms with Crippen LogP contribution in [-0.2, 0) is 16.1 Å². The molecular weight excluding hydrogens is 266 g/mol. The molecule has 0 bridgehead atoms. The number of unbranched alkanes of at least 4 members (excludes halogenated alkanes) is 1. The third-order valence-corrected chi connectivity index (χ3v) is 3.00. The number of rotatable bonds is 8. The van der Waals surface area contributed by atoms with Crippen LogP contribution in [0.2, 0.25) is 0 Å². The summed E-state index contributed by atoms with van der Waals surface area (Å²) in [7, 11) is 5.65. The minimum Gasteiger partial charge on any atom is -0.496 e. The van der Waals surface area contributed by atoms with E-state index >= 15 is 0 Å². The van der Waals surface area contributed by atoms with Crippen molar-refractivity contribution in [2.24, 2.45) is 0 Å². The maximum atomic E-state index is 11.6. The summed E-state index contributed by atoms with van der Waals surface area (Å²) < 4.78 is 10.5. The van der Waals surface area contributed by atoms with Crippen molar-refractivity contribution in [1.29, 1.82) is 0 Å². The van der Waals surface area contributed by atoms with Gasteiger partial charge in [0.25, 0.3) is 0 Å². The maximum absolute atomic E-state index is 11.6. The summed E-state index contributed by atoms with van der Waals surface area (Å²) in [6.07, 6.45) is 5.17. The van der Waals surface area contributed by atoms with Crippen LogP contribution in [0.15, 0.2) is 24.3 Å². The second-order valence-corrected chi connectivity index (χ2v) is 5.12. The van der Waals surface area contributed by atoms with Gasteiger partial charge in [0, 0.05) is 18.2 Å². The summed E-state index contributed by atoms with van der Waals surface area (Å²) in [5.41, 5.74) is 2.03. The van der Waals surface area contributed by atoms with Crippen LogP contribution < -0.4 is 4.74 Å². The Morgan fingerprint density at radius 2 is 2.10 bits per heavy atom. The number of esters is 1. The summed E-state index contributed by atoms with van der Waals surface area (Å²) in [6.45, 7) is 3.28. The lowest BCUT2D eigenvalue weighted by Gasteiger charge is -2.16. The largest absolute Gasteiger partial charge is 0.496 e. The molecule has 116 valence electrons. The Kier molecular flexibility index (Phi) is 7.54. The fourth-order valence-corrected chi connectivity index (χ4v) is 1.94. The highest BCUT2D eigenvalue weighted by atomic mass is 16.5. The van der Waals surface area contributed by atoms with E-state index in [2.05, 4.69) is 11.8 Å². The van der Waals surface area contributed by atoms with Gasteiger partial charge in [-0.1, -0.05) is 25.5 Å². The highest BCUT2D eigenvalue weighted by molar-refractivity contribution is 5.87. The van der Waals surface area contributed by atoms with E-state index in [0.29, 0.717) is 6.61 Å². The van der Waals surface area contributed by atoms with Gasteiger partial charge in [-0.25, -0.2) is 4.79 Å². The molecule has 0 N–H and O–H groups in total. The van der Waals surface area contributed by atoms with Gasteiger partial charge in [0.2, 0.25) is 0 Å². The van der Waals surface area contributed by atoms with Crippen molar-refractivity contribution < 1.29 is 14.3 Å². The highest BCUT2D eigenvalue weighted by Crippen LogP contribution is 2.24. The first-order valence-corrected chi connectivity index (χ1v) is 7.24. The molecule has 1 rings (SSSR count). The van der Waals surface area contributed by atoms with E-state index in [9.17, 15) is 4.79 Å². The molecule has 0 saturated heterocycles. The first kappa shape index (κ1) is 17.2. The molecule has 4 nitrogen and oxygen atoms in total. The van der Waals surface area contributed by atoms with Crippen molar-refractivity contribution in [3.63, 3.8) is 0 Å². The van der Waals surface area contributed by atoms with E-state index in [-0.39, 0.29) is 5.97 Å². The van der Waals surface area contributed by atoms with Gasteiger partial charge in [-0.05, 0) is 38.2 Å². The number of ether oxygens (including phenoxy) is 2. The molecule has 4 heteroatoms. The summed E-state index contributed by atoms with van der Waals surface area (Å²) in [5.74, 6) is 0.521. The summed E-state index contributed by atoms with van der Waals surface area (Å²) in [4.78, 5) is 13.7. The van der Waals surface area contributed by atoms with Crippen molar-refractivity contribution in [2.75, 3.05) is 27.8 Å². The molecule has 0 atom stereocenters. The Hall–Kier alpha value is -1.81. The first-order chi connectivity index (χ1) is 10.1. The lowest BCUT2D eigenvalue weighted by molar-refractivity contribution is -0.137. The average molecular weight is 291 g/mol. The monoisotopic (exact) mass is 291 g/mol. The molecule has 0 aromatic heterocycles. The van der Waals surface area contributed by atoms with E-state index in [0.717, 1.165) is 36.3 Å². The molecule has 0 spiro atoms. The molecule has 0 unspecified atom stereocenters. The van der Waals surface area contributed by atoms with Gasteiger partial charge in [-0.3, -0.25) is 0 Å². The number of nitrogens with zero attached hydrogens (tertiary/aromatic N) is 1. The average Bonchev–Trinajstić information content (AvgIpc) is 2.45. The zero-order valence-electron chi connectivity index (χ0n) is 13.4. The molecule has 0 aliphatic rings. The molecule has 0 radical (unpaired) electrons. The topological polar surface area (TPSA) is 38.8 Å². The zero-order chi connectivity index (χ0) is 15.7. The van der Waals surface area contributed by atoms with Gasteiger partial charge in [0.05, 0.1) is 13.7 Å². The molecule has 21 heavy (non-hydrogen) atoms. The normalized spacial score (nSPS) is 11.1. The zero-order valence-corrected chi connectivity index (χ0v) is 13.4. The Morgan fingerprint density at radius 3 is 2.71 bits per heavy atom. The minimum absolute atomic E-state index is 0.304. The number of hydrogen-bond acceptors (Lipinski definition) is 4. The van der Waals surface area contributed by atoms with Crippen molar-refractivity contribution in [1.82, 2.24) is 4.90 Å². The van der Waals surface area contributed by atoms with Crippen LogP contribution in [-0.4, -0.2) is 38.7 Å². The first-order valence-electron chi connectivity index (χ1n) is 7.24. The quantitative estimate of drug-likeness (QED) is 0.419. The van der Waals surface area contributed by atoms with Crippen LogP contribution in [0.5, 0.6) is 5.75 Å². The number of carbonyl (C=O) groups is 1. The summed E-state index contributed by atoms with van der Waals surface area (Å²) in [6, 6.07) is 5.81. The number of benzene rings is 1. The number of methoxy groups -OCH3 is 1. The molecule has 1 aromatic rings. The van der Waals surface area contributed by atoms with Crippen molar-refractivity contribution >= 4 is 12.0 Å². The fraction of sp³-hybridized carbons (Fsp3) is 0.471. The Bertz CT molecular complexity index is 481. The smallest absolute Gasteiger partial charge is 0.330 e. The van der Waals surface area contributed by atoms with E-state index in [1.54, 1.807) is 13.2 Å². The van der Waals surface area contributed by atoms with Crippen LogP contribution in [0, 0.1) is 0 Å². The van der Waals surface area contributed by atoms with Gasteiger partial charge < -0.3 is 14.4 Å². The third-order valence-electron chi connectivity index (χ3n) is 3.00. The van der Waals surface area contributed by atoms with Gasteiger partial charge in [-0.15, -0.1) is 0 Å². The van der Waals surface area contributed by atoms with Gasteiger partial charge in [0.15, 0.2) is 0 Å². The van der Waals surface area contributed by atoms with Crippen LogP contribution in [0.3, 0.4) is 0 Å². The van der Waals surface area contributed by atoms with E-state index in [1.165, 1.54) is 6.08 Å². The molecule has 0 saturated carbocycles. The number of carbonyl (C=O) groups excluding carboxylic acids is 1. The van der Waals surface area contributed by atoms with Gasteiger partial charge in [-0.2, -0.15) is 0 Å². The van der Waals surface area contributed by atoms with Crippen LogP contribution in [0.25, 0.3) is 6.08 Å². The van der Waals surface area contributed by atoms with Crippen molar-refractivity contribution in [3.8, 4) is 5.75 Å². The van der Waals surface area contributed by atoms with E-state index in [4.69, 9.17) is 9.47 Å². The van der Waals surface area contributed by atoms with E-state index < -0.39 is 0 Å². The fourth-order valence-electron chi connectivity index (χ4n) is 1.94. The molecule has 0 fully saturated rings. The predicted molar refractivity (Wildman–Crippen MR) is 85.3 cm³/mol. The summed E-state index contributed by atoms with van der Waals surface area (Å²) >= 11 is 0. The van der Waals surface area contributed by atoms with E-state index in [1.807, 2.05) is 32.3 Å². The molecule has 1 aromatic carbocycles. The predicted octanol–water partition coefficient (Wildman–Crippen LogP) is 3.11. The molecule has 0 aliphatic heterocycles. The Balaban J connectivity index is 2.84. The lowest BCUT2D eigenvalue weighted by atomic mass is 10.1. The molecule has 0 amide bonds.